The monoisotopic (exact) mass is 407 g/mol. The number of aromatic nitrogens is 6. The Balaban J connectivity index is 1.69. The first-order chi connectivity index (χ1) is 13.1. The molecule has 12 heteroatoms. The van der Waals surface area contributed by atoms with Gasteiger partial charge < -0.3 is 9.47 Å². The van der Waals surface area contributed by atoms with Crippen LogP contribution in [0.4, 0.5) is 5.13 Å². The van der Waals surface area contributed by atoms with Gasteiger partial charge in [-0.05, 0) is 16.8 Å². The summed E-state index contributed by atoms with van der Waals surface area (Å²) in [4.78, 5) is 12.1. The van der Waals surface area contributed by atoms with E-state index >= 15 is 0 Å². The summed E-state index contributed by atoms with van der Waals surface area (Å²) in [6, 6.07) is 5.30. The molecule has 3 aromatic rings. The number of thioether (sulfide) groups is 1. The molecule has 0 bridgehead atoms. The summed E-state index contributed by atoms with van der Waals surface area (Å²) in [5.74, 6) is 1.13. The van der Waals surface area contributed by atoms with E-state index in [1.165, 1.54) is 27.8 Å². The fourth-order valence-electron chi connectivity index (χ4n) is 2.08. The minimum Gasteiger partial charge on any atom is -0.497 e. The molecule has 0 radical (unpaired) electrons. The Morgan fingerprint density at radius 1 is 1.19 bits per heavy atom. The molecule has 0 aliphatic carbocycles. The number of hydrogen-bond acceptors (Lipinski definition) is 10. The highest BCUT2D eigenvalue weighted by molar-refractivity contribution is 7.99. The standard InChI is InChI=1S/C15H17N7O3S2/c1-4-13-17-18-14(27-13)16-12(23)8-26-15-19-20-21-22(15)9-5-10(24-2)7-11(6-9)25-3/h5-7H,4,8H2,1-3H3,(H,16,18,23). The summed E-state index contributed by atoms with van der Waals surface area (Å²) < 4.78 is 12.0. The third-order valence-electron chi connectivity index (χ3n) is 3.37. The van der Waals surface area contributed by atoms with Crippen LogP contribution in [0.2, 0.25) is 0 Å². The maximum atomic E-state index is 12.1. The second-order valence-electron chi connectivity index (χ2n) is 5.14. The van der Waals surface area contributed by atoms with Gasteiger partial charge in [0, 0.05) is 18.2 Å². The molecule has 2 aromatic heterocycles. The van der Waals surface area contributed by atoms with E-state index in [1.54, 1.807) is 32.4 Å². The van der Waals surface area contributed by atoms with E-state index in [1.807, 2.05) is 6.92 Å². The highest BCUT2D eigenvalue weighted by Gasteiger charge is 2.14. The van der Waals surface area contributed by atoms with Gasteiger partial charge in [-0.1, -0.05) is 30.0 Å². The number of hydrogen-bond donors (Lipinski definition) is 1. The lowest BCUT2D eigenvalue weighted by Crippen LogP contribution is -2.14. The van der Waals surface area contributed by atoms with Crippen LogP contribution in [0.25, 0.3) is 5.69 Å². The van der Waals surface area contributed by atoms with Crippen molar-refractivity contribution in [2.45, 2.75) is 18.5 Å². The van der Waals surface area contributed by atoms with E-state index in [0.717, 1.165) is 11.4 Å². The lowest BCUT2D eigenvalue weighted by molar-refractivity contribution is -0.113. The van der Waals surface area contributed by atoms with Gasteiger partial charge in [0.05, 0.1) is 25.7 Å². The number of benzene rings is 1. The molecule has 0 unspecified atom stereocenters. The van der Waals surface area contributed by atoms with Crippen LogP contribution in [-0.2, 0) is 11.2 Å². The van der Waals surface area contributed by atoms with Gasteiger partial charge >= 0.3 is 0 Å². The van der Waals surface area contributed by atoms with Gasteiger partial charge in [0.2, 0.25) is 16.2 Å². The molecule has 0 atom stereocenters. The van der Waals surface area contributed by atoms with Crippen molar-refractivity contribution in [3.8, 4) is 17.2 Å². The van der Waals surface area contributed by atoms with Crippen LogP contribution >= 0.6 is 23.1 Å². The van der Waals surface area contributed by atoms with Gasteiger partial charge in [-0.2, -0.15) is 4.68 Å². The molecule has 1 N–H and O–H groups in total. The number of amides is 1. The molecule has 142 valence electrons. The van der Waals surface area contributed by atoms with Crippen LogP contribution in [-0.4, -0.2) is 56.3 Å². The molecule has 0 saturated heterocycles. The van der Waals surface area contributed by atoms with Crippen molar-refractivity contribution in [3.63, 3.8) is 0 Å². The summed E-state index contributed by atoms with van der Waals surface area (Å²) in [5, 5.41) is 24.1. The highest BCUT2D eigenvalue weighted by Crippen LogP contribution is 2.27. The lowest BCUT2D eigenvalue weighted by atomic mass is 10.3. The Labute approximate surface area is 163 Å². The van der Waals surface area contributed by atoms with Gasteiger partial charge in [-0.15, -0.1) is 15.3 Å². The van der Waals surface area contributed by atoms with Gasteiger partial charge in [0.1, 0.15) is 16.5 Å². The van der Waals surface area contributed by atoms with Crippen molar-refractivity contribution < 1.29 is 14.3 Å². The van der Waals surface area contributed by atoms with Crippen LogP contribution < -0.4 is 14.8 Å². The van der Waals surface area contributed by atoms with E-state index in [0.29, 0.717) is 27.5 Å². The molecule has 1 amide bonds. The van der Waals surface area contributed by atoms with E-state index in [2.05, 4.69) is 31.0 Å². The zero-order valence-electron chi connectivity index (χ0n) is 14.9. The predicted octanol–water partition coefficient (Wildman–Crippen LogP) is 1.82. The third-order valence-corrected chi connectivity index (χ3v) is 5.27. The first-order valence-corrected chi connectivity index (χ1v) is 9.70. The van der Waals surface area contributed by atoms with E-state index in [-0.39, 0.29) is 11.7 Å². The number of nitrogens with one attached hydrogen (secondary N) is 1. The van der Waals surface area contributed by atoms with Crippen LogP contribution in [0.1, 0.15) is 11.9 Å². The number of tetrazole rings is 1. The van der Waals surface area contributed by atoms with E-state index < -0.39 is 0 Å². The number of rotatable bonds is 8. The minimum atomic E-state index is -0.212. The molecule has 10 nitrogen and oxygen atoms in total. The number of ether oxygens (including phenoxy) is 2. The zero-order chi connectivity index (χ0) is 19.2. The van der Waals surface area contributed by atoms with Crippen molar-refractivity contribution in [2.75, 3.05) is 25.3 Å². The van der Waals surface area contributed by atoms with Gasteiger partial charge in [0.15, 0.2) is 0 Å². The molecular formula is C15H17N7O3S2. The maximum Gasteiger partial charge on any atom is 0.236 e. The maximum absolute atomic E-state index is 12.1. The zero-order valence-corrected chi connectivity index (χ0v) is 16.5. The van der Waals surface area contributed by atoms with Crippen LogP contribution in [0.15, 0.2) is 23.4 Å². The number of aryl methyl sites for hydroxylation is 1. The average Bonchev–Trinajstić information content (AvgIpc) is 3.35. The van der Waals surface area contributed by atoms with Crippen LogP contribution in [0, 0.1) is 0 Å². The summed E-state index contributed by atoms with van der Waals surface area (Å²) in [7, 11) is 3.13. The van der Waals surface area contributed by atoms with Crippen LogP contribution in [0.3, 0.4) is 0 Å². The average molecular weight is 407 g/mol. The summed E-state index contributed by atoms with van der Waals surface area (Å²) >= 11 is 2.56. The summed E-state index contributed by atoms with van der Waals surface area (Å²) in [5.41, 5.74) is 0.663. The summed E-state index contributed by atoms with van der Waals surface area (Å²) in [6.45, 7) is 1.98. The van der Waals surface area contributed by atoms with Crippen molar-refractivity contribution in [1.29, 1.82) is 0 Å². The van der Waals surface area contributed by atoms with Gasteiger partial charge in [-0.3, -0.25) is 10.1 Å². The number of nitrogens with zero attached hydrogens (tertiary/aromatic N) is 6. The SMILES string of the molecule is CCc1nnc(NC(=O)CSc2nnnn2-c2cc(OC)cc(OC)c2)s1. The number of methoxy groups -OCH3 is 2. The molecule has 0 aliphatic heterocycles. The first kappa shape index (κ1) is 19.0. The molecule has 0 spiro atoms. The molecular weight excluding hydrogens is 390 g/mol. The quantitative estimate of drug-likeness (QED) is 0.558. The van der Waals surface area contributed by atoms with Crippen molar-refractivity contribution in [3.05, 3.63) is 23.2 Å². The Kier molecular flexibility index (Phi) is 6.19. The Bertz CT molecular complexity index is 906. The number of carbonyl (C=O) groups is 1. The van der Waals surface area contributed by atoms with Crippen molar-refractivity contribution >= 4 is 34.1 Å². The minimum absolute atomic E-state index is 0.127. The lowest BCUT2D eigenvalue weighted by Gasteiger charge is -2.09. The highest BCUT2D eigenvalue weighted by atomic mass is 32.2. The van der Waals surface area contributed by atoms with E-state index in [4.69, 9.17) is 9.47 Å². The largest absolute Gasteiger partial charge is 0.497 e. The normalized spacial score (nSPS) is 10.6. The Hall–Kier alpha value is -2.73. The smallest absolute Gasteiger partial charge is 0.236 e. The van der Waals surface area contributed by atoms with Gasteiger partial charge in [-0.25, -0.2) is 0 Å². The predicted molar refractivity (Wildman–Crippen MR) is 101 cm³/mol. The molecule has 0 aliphatic rings. The number of carbonyl (C=O) groups excluding carboxylic acids is 1. The second-order valence-corrected chi connectivity index (χ2v) is 7.14. The molecule has 1 aromatic carbocycles. The fourth-order valence-corrected chi connectivity index (χ4v) is 3.46. The number of anilines is 1. The second kappa shape index (κ2) is 8.77. The Morgan fingerprint density at radius 2 is 1.93 bits per heavy atom. The molecule has 0 saturated carbocycles. The topological polar surface area (TPSA) is 117 Å². The summed E-state index contributed by atoms with van der Waals surface area (Å²) in [6.07, 6.45) is 0.779. The van der Waals surface area contributed by atoms with Crippen molar-refractivity contribution in [1.82, 2.24) is 30.4 Å². The molecule has 2 heterocycles. The van der Waals surface area contributed by atoms with Crippen molar-refractivity contribution in [2.24, 2.45) is 0 Å². The molecule has 0 fully saturated rings. The molecule has 3 rings (SSSR count). The first-order valence-electron chi connectivity index (χ1n) is 7.89. The Morgan fingerprint density at radius 3 is 2.56 bits per heavy atom. The third kappa shape index (κ3) is 4.71. The van der Waals surface area contributed by atoms with E-state index in [9.17, 15) is 4.79 Å². The molecule has 27 heavy (non-hydrogen) atoms. The van der Waals surface area contributed by atoms with Crippen LogP contribution in [0.5, 0.6) is 11.5 Å². The van der Waals surface area contributed by atoms with Gasteiger partial charge in [0.25, 0.3) is 0 Å². The fraction of sp³-hybridized carbons (Fsp3) is 0.333.